The van der Waals surface area contributed by atoms with E-state index in [9.17, 15) is 19.5 Å². The number of carboxylic acid groups (broad SMARTS) is 1. The Kier molecular flexibility index (Phi) is 9.08. The Labute approximate surface area is 181 Å². The number of nitrogens with zero attached hydrogens (tertiary/aromatic N) is 2. The van der Waals surface area contributed by atoms with Crippen LogP contribution in [-0.2, 0) is 14.4 Å². The van der Waals surface area contributed by atoms with Crippen LogP contribution in [0.4, 0.5) is 0 Å². The largest absolute Gasteiger partial charge is 0.478 e. The molecule has 0 saturated carbocycles. The van der Waals surface area contributed by atoms with E-state index >= 15 is 0 Å². The van der Waals surface area contributed by atoms with Gasteiger partial charge in [-0.1, -0.05) is 47.6 Å². The topological polar surface area (TPSA) is 90.0 Å². The molecule has 0 radical (unpaired) electrons. The minimum atomic E-state index is -1.00. The van der Waals surface area contributed by atoms with Crippen LogP contribution in [0.15, 0.2) is 11.6 Å². The van der Waals surface area contributed by atoms with Crippen LogP contribution >= 0.6 is 0 Å². The van der Waals surface area contributed by atoms with Gasteiger partial charge in [-0.3, -0.25) is 14.5 Å². The monoisotopic (exact) mass is 423 g/mol. The smallest absolute Gasteiger partial charge is 0.331 e. The summed E-state index contributed by atoms with van der Waals surface area (Å²) in [6.45, 7) is 14.2. The average molecular weight is 424 g/mol. The molecule has 1 fully saturated rings. The first-order valence-corrected chi connectivity index (χ1v) is 10.9. The molecule has 7 heteroatoms. The van der Waals surface area contributed by atoms with Crippen LogP contribution in [0.25, 0.3) is 0 Å². The van der Waals surface area contributed by atoms with Crippen LogP contribution < -0.4 is 5.32 Å². The van der Waals surface area contributed by atoms with Gasteiger partial charge in [-0.05, 0) is 50.6 Å². The van der Waals surface area contributed by atoms with Gasteiger partial charge in [0.25, 0.3) is 0 Å². The number of piperidine rings is 1. The minimum Gasteiger partial charge on any atom is -0.478 e. The summed E-state index contributed by atoms with van der Waals surface area (Å²) in [4.78, 5) is 41.6. The Morgan fingerprint density at radius 3 is 2.23 bits per heavy atom. The molecule has 30 heavy (non-hydrogen) atoms. The third-order valence-corrected chi connectivity index (χ3v) is 6.09. The maximum Gasteiger partial charge on any atom is 0.331 e. The molecule has 1 aliphatic heterocycles. The van der Waals surface area contributed by atoms with Crippen LogP contribution in [0.2, 0.25) is 0 Å². The number of aliphatic carboxylic acids is 1. The second-order valence-corrected chi connectivity index (χ2v) is 10.2. The Morgan fingerprint density at radius 1 is 1.23 bits per heavy atom. The fraction of sp³-hybridized carbons (Fsp3) is 0.783. The molecule has 0 aromatic heterocycles. The molecule has 2 amide bonds. The van der Waals surface area contributed by atoms with Gasteiger partial charge >= 0.3 is 5.97 Å². The quantitative estimate of drug-likeness (QED) is 0.615. The zero-order valence-corrected chi connectivity index (χ0v) is 20.2. The van der Waals surface area contributed by atoms with Crippen molar-refractivity contribution < 1.29 is 19.5 Å². The van der Waals surface area contributed by atoms with Gasteiger partial charge in [0.1, 0.15) is 6.04 Å². The summed E-state index contributed by atoms with van der Waals surface area (Å²) in [5.74, 6) is -1.09. The number of carbonyl (C=O) groups excluding carboxylic acids is 2. The summed E-state index contributed by atoms with van der Waals surface area (Å²) in [7, 11) is 3.63. The normalized spacial score (nSPS) is 23.1. The van der Waals surface area contributed by atoms with Gasteiger partial charge in [0.05, 0.1) is 12.1 Å². The fourth-order valence-corrected chi connectivity index (χ4v) is 4.16. The number of carbonyl (C=O) groups is 3. The van der Waals surface area contributed by atoms with Crippen molar-refractivity contribution in [3.63, 3.8) is 0 Å². The molecular formula is C23H41N3O4. The number of hydrogen-bond donors (Lipinski definition) is 2. The first-order chi connectivity index (χ1) is 13.7. The number of rotatable bonds is 7. The molecule has 1 aliphatic rings. The molecule has 0 aromatic rings. The van der Waals surface area contributed by atoms with E-state index in [1.165, 1.54) is 6.92 Å². The molecule has 0 aliphatic carbocycles. The van der Waals surface area contributed by atoms with Crippen molar-refractivity contribution in [2.45, 2.75) is 79.4 Å². The van der Waals surface area contributed by atoms with Gasteiger partial charge in [0, 0.05) is 12.6 Å². The van der Waals surface area contributed by atoms with Crippen molar-refractivity contribution in [2.75, 3.05) is 20.6 Å². The Bertz CT molecular complexity index is 656. The number of nitrogens with one attached hydrogen (secondary N) is 1. The van der Waals surface area contributed by atoms with Crippen molar-refractivity contribution >= 4 is 17.8 Å². The first kappa shape index (κ1) is 26.1. The highest BCUT2D eigenvalue weighted by molar-refractivity contribution is 5.91. The highest BCUT2D eigenvalue weighted by Crippen LogP contribution is 2.26. The van der Waals surface area contributed by atoms with Gasteiger partial charge in [-0.15, -0.1) is 0 Å². The van der Waals surface area contributed by atoms with Crippen molar-refractivity contribution in [1.29, 1.82) is 0 Å². The minimum absolute atomic E-state index is 0.0223. The molecule has 2 N–H and O–H groups in total. The highest BCUT2D eigenvalue weighted by atomic mass is 16.4. The van der Waals surface area contributed by atoms with Crippen LogP contribution in [0, 0.1) is 17.3 Å². The molecule has 1 rings (SSSR count). The van der Waals surface area contributed by atoms with E-state index in [1.807, 2.05) is 41.7 Å². The van der Waals surface area contributed by atoms with Crippen molar-refractivity contribution in [2.24, 2.45) is 17.3 Å². The van der Waals surface area contributed by atoms with E-state index in [0.717, 1.165) is 19.4 Å². The molecule has 1 unspecified atom stereocenters. The van der Waals surface area contributed by atoms with Crippen LogP contribution in [0.3, 0.4) is 0 Å². The predicted molar refractivity (Wildman–Crippen MR) is 119 cm³/mol. The van der Waals surface area contributed by atoms with Gasteiger partial charge < -0.3 is 15.3 Å². The standard InChI is InChI=1S/C23H41N3O4/c1-14(2)17(13-16(4)22(29)30)26(9)21(28)19(23(5,6)7)24-20(27)18-15(3)11-10-12-25(18)8/h13-15,17-19H,10-12H2,1-9H3,(H,24,27)(H,29,30)/b16-13+/t15?,17-,18-,19-/m1/s1. The van der Waals surface area contributed by atoms with Gasteiger partial charge in [-0.2, -0.15) is 0 Å². The van der Waals surface area contributed by atoms with E-state index in [4.69, 9.17) is 0 Å². The summed E-state index contributed by atoms with van der Waals surface area (Å²) in [6.07, 6.45) is 3.67. The third kappa shape index (κ3) is 6.56. The van der Waals surface area contributed by atoms with E-state index in [-0.39, 0.29) is 41.3 Å². The van der Waals surface area contributed by atoms with E-state index in [0.29, 0.717) is 0 Å². The molecule has 0 bridgehead atoms. The lowest BCUT2D eigenvalue weighted by Crippen LogP contribution is -2.60. The summed E-state index contributed by atoms with van der Waals surface area (Å²) in [5.41, 5.74) is -0.299. The highest BCUT2D eigenvalue weighted by Gasteiger charge is 2.40. The van der Waals surface area contributed by atoms with Gasteiger partial charge in [-0.25, -0.2) is 4.79 Å². The van der Waals surface area contributed by atoms with E-state index in [1.54, 1.807) is 18.0 Å². The van der Waals surface area contributed by atoms with Gasteiger partial charge in [0.2, 0.25) is 11.8 Å². The molecule has 172 valence electrons. The molecule has 1 heterocycles. The van der Waals surface area contributed by atoms with Crippen LogP contribution in [0.1, 0.15) is 61.3 Å². The molecule has 4 atom stereocenters. The first-order valence-electron chi connectivity index (χ1n) is 10.9. The van der Waals surface area contributed by atoms with Crippen LogP contribution in [-0.4, -0.2) is 71.5 Å². The molecule has 1 saturated heterocycles. The Balaban J connectivity index is 3.15. The number of amides is 2. The van der Waals surface area contributed by atoms with E-state index < -0.39 is 17.4 Å². The maximum atomic E-state index is 13.5. The second-order valence-electron chi connectivity index (χ2n) is 10.2. The number of likely N-dealkylation sites (N-methyl/N-ethyl adjacent to an activating group) is 2. The Hall–Kier alpha value is -1.89. The lowest BCUT2D eigenvalue weighted by atomic mass is 9.84. The predicted octanol–water partition coefficient (Wildman–Crippen LogP) is 2.76. The maximum absolute atomic E-state index is 13.5. The molecule has 7 nitrogen and oxygen atoms in total. The number of carboxylic acids is 1. The third-order valence-electron chi connectivity index (χ3n) is 6.09. The summed E-state index contributed by atoms with van der Waals surface area (Å²) < 4.78 is 0. The zero-order valence-electron chi connectivity index (χ0n) is 20.2. The van der Waals surface area contributed by atoms with Crippen LogP contribution in [0.5, 0.6) is 0 Å². The number of hydrogen-bond acceptors (Lipinski definition) is 4. The number of likely N-dealkylation sites (tertiary alicyclic amines) is 1. The summed E-state index contributed by atoms with van der Waals surface area (Å²) >= 11 is 0. The van der Waals surface area contributed by atoms with Gasteiger partial charge in [0.15, 0.2) is 0 Å². The van der Waals surface area contributed by atoms with Crippen molar-refractivity contribution in [3.05, 3.63) is 11.6 Å². The lowest BCUT2D eigenvalue weighted by Gasteiger charge is -2.40. The van der Waals surface area contributed by atoms with Crippen molar-refractivity contribution in [3.8, 4) is 0 Å². The average Bonchev–Trinajstić information content (AvgIpc) is 2.61. The molecule has 0 spiro atoms. The van der Waals surface area contributed by atoms with E-state index in [2.05, 4.69) is 17.1 Å². The molecular weight excluding hydrogens is 382 g/mol. The lowest BCUT2D eigenvalue weighted by molar-refractivity contribution is -0.142. The Morgan fingerprint density at radius 2 is 1.80 bits per heavy atom. The fourth-order valence-electron chi connectivity index (χ4n) is 4.16. The summed E-state index contributed by atoms with van der Waals surface area (Å²) in [6, 6.07) is -1.35. The SMILES string of the molecule is C/C(=C\[C@H](C(C)C)N(C)C(=O)[C@@H](NC(=O)[C@H]1C(C)CCCN1C)C(C)(C)C)C(=O)O. The zero-order chi connectivity index (χ0) is 23.4. The second kappa shape index (κ2) is 10.4. The van der Waals surface area contributed by atoms with Crippen molar-refractivity contribution in [1.82, 2.24) is 15.1 Å². The molecule has 0 aromatic carbocycles. The summed E-state index contributed by atoms with van der Waals surface area (Å²) in [5, 5.41) is 12.3.